The number of hydrogen-bond acceptors (Lipinski definition) is 3. The Balaban J connectivity index is 1.84. The molecule has 1 atom stereocenters. The van der Waals surface area contributed by atoms with Crippen molar-refractivity contribution < 1.29 is 19.1 Å². The summed E-state index contributed by atoms with van der Waals surface area (Å²) in [6.07, 6.45) is -0.478. The Morgan fingerprint density at radius 1 is 1.35 bits per heavy atom. The van der Waals surface area contributed by atoms with Crippen LogP contribution >= 0.6 is 31.9 Å². The Morgan fingerprint density at radius 3 is 2.70 bits per heavy atom. The number of benzene rings is 1. The predicted octanol–water partition coefficient (Wildman–Crippen LogP) is 2.43. The molecule has 1 unspecified atom stereocenters. The Bertz CT molecular complexity index is 450. The van der Waals surface area contributed by atoms with Gasteiger partial charge in [-0.3, -0.25) is 0 Å². The molecule has 6 heteroatoms. The predicted molar refractivity (Wildman–Crippen MR) is 84.9 cm³/mol. The Hall–Kier alpha value is -0.140. The van der Waals surface area contributed by atoms with Crippen LogP contribution in [0.5, 0.6) is 5.75 Å². The maximum atomic E-state index is 10.2. The van der Waals surface area contributed by atoms with Crippen molar-refractivity contribution in [3.05, 3.63) is 27.1 Å². The smallest absolute Gasteiger partial charge is 0.137 e. The van der Waals surface area contributed by atoms with Gasteiger partial charge in [-0.25, -0.2) is 0 Å². The van der Waals surface area contributed by atoms with Crippen molar-refractivity contribution in [1.29, 1.82) is 0 Å². The summed E-state index contributed by atoms with van der Waals surface area (Å²) in [5.74, 6) is 0.747. The monoisotopic (exact) mass is 408 g/mol. The second-order valence-corrected chi connectivity index (χ2v) is 7.17. The van der Waals surface area contributed by atoms with E-state index >= 15 is 0 Å². The number of nitrogens with zero attached hydrogens (tertiary/aromatic N) is 1. The Labute approximate surface area is 136 Å². The molecule has 20 heavy (non-hydrogen) atoms. The third kappa shape index (κ3) is 4.70. The van der Waals surface area contributed by atoms with E-state index in [2.05, 4.69) is 38.9 Å². The molecule has 0 bridgehead atoms. The van der Waals surface area contributed by atoms with Gasteiger partial charge in [0.1, 0.15) is 38.1 Å². The molecule has 1 aliphatic heterocycles. The minimum absolute atomic E-state index is 0.301. The highest BCUT2D eigenvalue weighted by atomic mass is 79.9. The van der Waals surface area contributed by atoms with Crippen LogP contribution in [0.3, 0.4) is 0 Å². The van der Waals surface area contributed by atoms with Crippen LogP contribution in [0, 0.1) is 0 Å². The summed E-state index contributed by atoms with van der Waals surface area (Å²) < 4.78 is 13.8. The number of quaternary nitrogens is 1. The maximum Gasteiger partial charge on any atom is 0.137 e. The van der Waals surface area contributed by atoms with E-state index in [0.29, 0.717) is 13.2 Å². The topological polar surface area (TPSA) is 38.7 Å². The molecule has 1 aromatic rings. The molecule has 0 spiro atoms. The van der Waals surface area contributed by atoms with E-state index in [4.69, 9.17) is 9.47 Å². The fourth-order valence-corrected chi connectivity index (χ4v) is 3.47. The average molecular weight is 410 g/mol. The lowest BCUT2D eigenvalue weighted by Crippen LogP contribution is -2.56. The molecule has 1 saturated heterocycles. The molecule has 2 rings (SSSR count). The van der Waals surface area contributed by atoms with E-state index in [1.54, 1.807) is 0 Å². The number of aliphatic hydroxyl groups excluding tert-OH is 1. The minimum Gasteiger partial charge on any atom is -0.489 e. The van der Waals surface area contributed by atoms with E-state index in [1.807, 2.05) is 18.2 Å². The summed E-state index contributed by atoms with van der Waals surface area (Å²) in [5.41, 5.74) is 0. The van der Waals surface area contributed by atoms with E-state index in [-0.39, 0.29) is 0 Å². The molecule has 0 aromatic heterocycles. The third-order valence-electron chi connectivity index (χ3n) is 3.53. The molecule has 0 amide bonds. The molecule has 1 fully saturated rings. The van der Waals surface area contributed by atoms with Crippen LogP contribution in [0.2, 0.25) is 0 Å². The van der Waals surface area contributed by atoms with Gasteiger partial charge in [-0.2, -0.15) is 0 Å². The fourth-order valence-electron chi connectivity index (χ4n) is 2.31. The van der Waals surface area contributed by atoms with E-state index in [9.17, 15) is 5.11 Å². The molecular weight excluding hydrogens is 390 g/mol. The lowest BCUT2D eigenvalue weighted by Gasteiger charge is -2.38. The van der Waals surface area contributed by atoms with Gasteiger partial charge in [0.05, 0.1) is 24.7 Å². The van der Waals surface area contributed by atoms with Crippen LogP contribution in [-0.2, 0) is 4.74 Å². The molecule has 0 saturated carbocycles. The third-order valence-corrected chi connectivity index (χ3v) is 4.64. The van der Waals surface area contributed by atoms with E-state index < -0.39 is 6.10 Å². The van der Waals surface area contributed by atoms with Gasteiger partial charge in [-0.05, 0) is 34.1 Å². The largest absolute Gasteiger partial charge is 0.489 e. The lowest BCUT2D eigenvalue weighted by molar-refractivity contribution is -0.919. The number of hydrogen-bond donors (Lipinski definition) is 1. The molecule has 1 aromatic carbocycles. The number of likely N-dealkylation sites (N-methyl/N-ethyl adjacent to an activating group) is 1. The van der Waals surface area contributed by atoms with Crippen molar-refractivity contribution in [1.82, 2.24) is 0 Å². The molecule has 1 N–H and O–H groups in total. The second kappa shape index (κ2) is 7.22. The van der Waals surface area contributed by atoms with Crippen molar-refractivity contribution in [3.63, 3.8) is 0 Å². The fraction of sp³-hybridized carbons (Fsp3) is 0.571. The average Bonchev–Trinajstić information content (AvgIpc) is 2.38. The van der Waals surface area contributed by atoms with E-state index in [1.165, 1.54) is 0 Å². The van der Waals surface area contributed by atoms with Gasteiger partial charge in [-0.15, -0.1) is 0 Å². The normalized spacial score (nSPS) is 19.6. The summed E-state index contributed by atoms with van der Waals surface area (Å²) >= 11 is 6.85. The van der Waals surface area contributed by atoms with Gasteiger partial charge < -0.3 is 19.1 Å². The highest BCUT2D eigenvalue weighted by Crippen LogP contribution is 2.28. The van der Waals surface area contributed by atoms with Crippen molar-refractivity contribution >= 4 is 31.9 Å². The van der Waals surface area contributed by atoms with Gasteiger partial charge in [0.2, 0.25) is 0 Å². The highest BCUT2D eigenvalue weighted by molar-refractivity contribution is 9.11. The maximum absolute atomic E-state index is 10.2. The SMILES string of the molecule is C[N+]1(CC(O)COc2ccc(Br)cc2Br)CCOCC1. The van der Waals surface area contributed by atoms with Crippen LogP contribution in [0.1, 0.15) is 0 Å². The Kier molecular flexibility index (Phi) is 5.86. The molecule has 112 valence electrons. The van der Waals surface area contributed by atoms with Crippen LogP contribution in [0.15, 0.2) is 27.1 Å². The van der Waals surface area contributed by atoms with Gasteiger partial charge in [0.15, 0.2) is 0 Å². The standard InChI is InChI=1S/C14H20Br2NO3/c1-17(4-6-19-7-5-17)9-12(18)10-20-14-3-2-11(15)8-13(14)16/h2-3,8,12,18H,4-7,9-10H2,1H3/q+1. The first kappa shape index (κ1) is 16.2. The summed E-state index contributed by atoms with van der Waals surface area (Å²) in [7, 11) is 2.15. The first-order chi connectivity index (χ1) is 9.48. The van der Waals surface area contributed by atoms with Crippen molar-refractivity contribution in [2.24, 2.45) is 0 Å². The van der Waals surface area contributed by atoms with Crippen LogP contribution < -0.4 is 4.74 Å². The zero-order valence-electron chi connectivity index (χ0n) is 11.5. The van der Waals surface area contributed by atoms with Crippen LogP contribution in [0.4, 0.5) is 0 Å². The number of aliphatic hydroxyl groups is 1. The summed E-state index contributed by atoms with van der Waals surface area (Å²) in [4.78, 5) is 0. The van der Waals surface area contributed by atoms with Gasteiger partial charge in [0, 0.05) is 4.47 Å². The number of halogens is 2. The lowest BCUT2D eigenvalue weighted by atomic mass is 10.2. The quantitative estimate of drug-likeness (QED) is 0.759. The van der Waals surface area contributed by atoms with Gasteiger partial charge >= 0.3 is 0 Å². The first-order valence-electron chi connectivity index (χ1n) is 6.66. The van der Waals surface area contributed by atoms with Crippen molar-refractivity contribution in [3.8, 4) is 5.75 Å². The van der Waals surface area contributed by atoms with E-state index in [0.717, 1.165) is 45.5 Å². The molecule has 0 aliphatic carbocycles. The Morgan fingerprint density at radius 2 is 2.05 bits per heavy atom. The highest BCUT2D eigenvalue weighted by Gasteiger charge is 2.28. The molecular formula is C14H20Br2NO3+. The zero-order valence-corrected chi connectivity index (χ0v) is 14.7. The zero-order chi connectivity index (χ0) is 14.6. The minimum atomic E-state index is -0.478. The number of morpholine rings is 1. The van der Waals surface area contributed by atoms with Crippen LogP contribution in [-0.4, -0.2) is 62.2 Å². The number of rotatable bonds is 5. The van der Waals surface area contributed by atoms with Crippen molar-refractivity contribution in [2.45, 2.75) is 6.10 Å². The summed E-state index contributed by atoms with van der Waals surface area (Å²) in [6, 6.07) is 5.73. The summed E-state index contributed by atoms with van der Waals surface area (Å²) in [6.45, 7) is 4.41. The molecule has 1 aliphatic rings. The first-order valence-corrected chi connectivity index (χ1v) is 8.24. The molecule has 0 radical (unpaired) electrons. The summed E-state index contributed by atoms with van der Waals surface area (Å²) in [5, 5.41) is 10.2. The number of ether oxygens (including phenoxy) is 2. The van der Waals surface area contributed by atoms with Crippen LogP contribution in [0.25, 0.3) is 0 Å². The molecule has 4 nitrogen and oxygen atoms in total. The van der Waals surface area contributed by atoms with Gasteiger partial charge in [0.25, 0.3) is 0 Å². The van der Waals surface area contributed by atoms with Gasteiger partial charge in [-0.1, -0.05) is 15.9 Å². The second-order valence-electron chi connectivity index (χ2n) is 5.40. The van der Waals surface area contributed by atoms with Crippen molar-refractivity contribution in [2.75, 3.05) is 46.5 Å². The molecule has 1 heterocycles.